The van der Waals surface area contributed by atoms with Gasteiger partial charge in [-0.3, -0.25) is 15.5 Å². The Kier molecular flexibility index (Phi) is 3.51. The van der Waals surface area contributed by atoms with E-state index >= 15 is 0 Å². The van der Waals surface area contributed by atoms with Gasteiger partial charge in [-0.1, -0.05) is 6.07 Å². The van der Waals surface area contributed by atoms with Crippen LogP contribution in [0.3, 0.4) is 0 Å². The van der Waals surface area contributed by atoms with Crippen molar-refractivity contribution in [3.8, 4) is 0 Å². The highest BCUT2D eigenvalue weighted by Crippen LogP contribution is 2.09. The maximum atomic E-state index is 5.98. The van der Waals surface area contributed by atoms with E-state index in [1.807, 2.05) is 43.2 Å². The summed E-state index contributed by atoms with van der Waals surface area (Å²) in [5, 5.41) is 5.96. The number of aryl methyl sites for hydroxylation is 1. The fraction of sp³-hybridized carbons (Fsp3) is 0.333. The van der Waals surface area contributed by atoms with E-state index in [1.165, 1.54) is 0 Å². The van der Waals surface area contributed by atoms with Gasteiger partial charge in [-0.25, -0.2) is 5.01 Å². The van der Waals surface area contributed by atoms with Crippen LogP contribution in [-0.2, 0) is 20.1 Å². The molecule has 0 aliphatic carbocycles. The van der Waals surface area contributed by atoms with E-state index < -0.39 is 0 Å². The topological polar surface area (TPSA) is 60.0 Å². The van der Waals surface area contributed by atoms with Crippen LogP contribution in [0.15, 0.2) is 30.7 Å². The SMILES string of the molecule is Cc1c(CN(N)Cc2cccnc2)cnn1C. The Labute approximate surface area is 101 Å². The molecule has 2 heterocycles. The maximum Gasteiger partial charge on any atom is 0.0538 e. The summed E-state index contributed by atoms with van der Waals surface area (Å²) in [5.41, 5.74) is 3.40. The van der Waals surface area contributed by atoms with Crippen molar-refractivity contribution in [1.82, 2.24) is 19.8 Å². The third kappa shape index (κ3) is 2.89. The Bertz CT molecular complexity index is 477. The molecule has 2 rings (SSSR count). The summed E-state index contributed by atoms with van der Waals surface area (Å²) in [6, 6.07) is 3.93. The molecule has 0 aromatic carbocycles. The number of pyridine rings is 1. The predicted octanol–water partition coefficient (Wildman–Crippen LogP) is 0.999. The Balaban J connectivity index is 1.98. The quantitative estimate of drug-likeness (QED) is 0.630. The van der Waals surface area contributed by atoms with E-state index in [4.69, 9.17) is 5.84 Å². The number of rotatable bonds is 4. The number of hydrogen-bond donors (Lipinski definition) is 1. The molecule has 0 unspecified atom stereocenters. The van der Waals surface area contributed by atoms with Crippen LogP contribution in [0.4, 0.5) is 0 Å². The van der Waals surface area contributed by atoms with Gasteiger partial charge in [0.1, 0.15) is 0 Å². The lowest BCUT2D eigenvalue weighted by molar-refractivity contribution is 0.265. The fourth-order valence-corrected chi connectivity index (χ4v) is 1.70. The van der Waals surface area contributed by atoms with Crippen molar-refractivity contribution in [1.29, 1.82) is 0 Å². The summed E-state index contributed by atoms with van der Waals surface area (Å²) >= 11 is 0. The highest BCUT2D eigenvalue weighted by atomic mass is 15.4. The lowest BCUT2D eigenvalue weighted by Crippen LogP contribution is -2.29. The summed E-state index contributed by atoms with van der Waals surface area (Å²) in [7, 11) is 1.93. The summed E-state index contributed by atoms with van der Waals surface area (Å²) in [6.07, 6.45) is 5.45. The number of aromatic nitrogens is 3. The van der Waals surface area contributed by atoms with Gasteiger partial charge in [0.15, 0.2) is 0 Å². The second-order valence-corrected chi connectivity index (χ2v) is 4.15. The lowest BCUT2D eigenvalue weighted by atomic mass is 10.2. The average Bonchev–Trinajstić information content (AvgIpc) is 2.62. The maximum absolute atomic E-state index is 5.98. The van der Waals surface area contributed by atoms with Crippen molar-refractivity contribution in [2.24, 2.45) is 12.9 Å². The van der Waals surface area contributed by atoms with Crippen LogP contribution in [0.2, 0.25) is 0 Å². The molecule has 0 aliphatic heterocycles. The molecule has 5 nitrogen and oxygen atoms in total. The van der Waals surface area contributed by atoms with Gasteiger partial charge in [0.05, 0.1) is 6.20 Å². The van der Waals surface area contributed by atoms with Crippen LogP contribution in [0.5, 0.6) is 0 Å². The minimum atomic E-state index is 0.683. The van der Waals surface area contributed by atoms with Crippen molar-refractivity contribution in [2.75, 3.05) is 0 Å². The normalized spacial score (nSPS) is 11.1. The van der Waals surface area contributed by atoms with E-state index in [2.05, 4.69) is 10.1 Å². The van der Waals surface area contributed by atoms with Crippen molar-refractivity contribution in [3.63, 3.8) is 0 Å². The van der Waals surface area contributed by atoms with Crippen LogP contribution in [0.1, 0.15) is 16.8 Å². The van der Waals surface area contributed by atoms with Crippen LogP contribution < -0.4 is 5.84 Å². The fourth-order valence-electron chi connectivity index (χ4n) is 1.70. The third-order valence-corrected chi connectivity index (χ3v) is 2.82. The van der Waals surface area contributed by atoms with E-state index in [1.54, 1.807) is 11.2 Å². The van der Waals surface area contributed by atoms with E-state index in [9.17, 15) is 0 Å². The number of hydrogen-bond acceptors (Lipinski definition) is 4. The minimum absolute atomic E-state index is 0.683. The molecule has 0 spiro atoms. The highest BCUT2D eigenvalue weighted by molar-refractivity contribution is 5.16. The molecule has 0 bridgehead atoms. The standard InChI is InChI=1S/C12H17N5/c1-10-12(7-15-16(10)2)9-17(13)8-11-4-3-5-14-6-11/h3-7H,8-9,13H2,1-2H3. The molecule has 2 aromatic heterocycles. The molecule has 0 aliphatic rings. The first-order valence-electron chi connectivity index (χ1n) is 5.53. The van der Waals surface area contributed by atoms with Gasteiger partial charge in [0, 0.05) is 43.8 Å². The Morgan fingerprint density at radius 1 is 1.35 bits per heavy atom. The monoisotopic (exact) mass is 231 g/mol. The molecule has 5 heteroatoms. The van der Waals surface area contributed by atoms with Crippen molar-refractivity contribution >= 4 is 0 Å². The molecule has 2 N–H and O–H groups in total. The third-order valence-electron chi connectivity index (χ3n) is 2.82. The number of hydrazine groups is 1. The van der Waals surface area contributed by atoms with Crippen molar-refractivity contribution in [3.05, 3.63) is 47.5 Å². The van der Waals surface area contributed by atoms with Gasteiger partial charge in [-0.2, -0.15) is 5.10 Å². The Hall–Kier alpha value is -1.72. The molecule has 17 heavy (non-hydrogen) atoms. The first kappa shape index (κ1) is 11.8. The Morgan fingerprint density at radius 2 is 2.18 bits per heavy atom. The molecule has 0 saturated heterocycles. The van der Waals surface area contributed by atoms with E-state index in [-0.39, 0.29) is 0 Å². The molecule has 0 atom stereocenters. The average molecular weight is 231 g/mol. The summed E-state index contributed by atoms with van der Waals surface area (Å²) in [6.45, 7) is 3.41. The molecular weight excluding hydrogens is 214 g/mol. The molecular formula is C12H17N5. The van der Waals surface area contributed by atoms with Gasteiger partial charge >= 0.3 is 0 Å². The lowest BCUT2D eigenvalue weighted by Gasteiger charge is -2.15. The Morgan fingerprint density at radius 3 is 2.76 bits per heavy atom. The van der Waals surface area contributed by atoms with Gasteiger partial charge in [0.2, 0.25) is 0 Å². The molecule has 90 valence electrons. The zero-order valence-corrected chi connectivity index (χ0v) is 10.2. The van der Waals surface area contributed by atoms with E-state index in [0.717, 1.165) is 16.8 Å². The number of nitrogens with two attached hydrogens (primary N) is 1. The molecule has 0 saturated carbocycles. The first-order valence-corrected chi connectivity index (χ1v) is 5.53. The highest BCUT2D eigenvalue weighted by Gasteiger charge is 2.07. The van der Waals surface area contributed by atoms with Crippen LogP contribution in [-0.4, -0.2) is 19.8 Å². The summed E-state index contributed by atoms with van der Waals surface area (Å²) in [5.74, 6) is 5.98. The van der Waals surface area contributed by atoms with Crippen LogP contribution >= 0.6 is 0 Å². The van der Waals surface area contributed by atoms with Crippen molar-refractivity contribution in [2.45, 2.75) is 20.0 Å². The minimum Gasteiger partial charge on any atom is -0.273 e. The first-order chi connectivity index (χ1) is 8.16. The van der Waals surface area contributed by atoms with Crippen molar-refractivity contribution < 1.29 is 0 Å². The van der Waals surface area contributed by atoms with Crippen LogP contribution in [0.25, 0.3) is 0 Å². The molecule has 0 radical (unpaired) electrons. The second-order valence-electron chi connectivity index (χ2n) is 4.15. The van der Waals surface area contributed by atoms with E-state index in [0.29, 0.717) is 13.1 Å². The van der Waals surface area contributed by atoms with Gasteiger partial charge in [0.25, 0.3) is 0 Å². The van der Waals surface area contributed by atoms with Gasteiger partial charge in [-0.05, 0) is 18.6 Å². The largest absolute Gasteiger partial charge is 0.273 e. The molecule has 2 aromatic rings. The molecule has 0 amide bonds. The zero-order valence-electron chi connectivity index (χ0n) is 10.2. The summed E-state index contributed by atoms with van der Waals surface area (Å²) < 4.78 is 1.85. The summed E-state index contributed by atoms with van der Waals surface area (Å²) in [4.78, 5) is 4.07. The second kappa shape index (κ2) is 5.07. The zero-order chi connectivity index (χ0) is 12.3. The van der Waals surface area contributed by atoms with Gasteiger partial charge in [-0.15, -0.1) is 0 Å². The smallest absolute Gasteiger partial charge is 0.0538 e. The number of nitrogens with zero attached hydrogens (tertiary/aromatic N) is 4. The molecule has 0 fully saturated rings. The van der Waals surface area contributed by atoms with Crippen LogP contribution in [0, 0.1) is 6.92 Å². The predicted molar refractivity (Wildman–Crippen MR) is 65.6 cm³/mol. The van der Waals surface area contributed by atoms with Gasteiger partial charge < -0.3 is 0 Å².